The number of anilines is 1. The Kier molecular flexibility index (Phi) is 7.13. The quantitative estimate of drug-likeness (QED) is 0.0930. The van der Waals surface area contributed by atoms with Crippen molar-refractivity contribution in [3.8, 4) is 0 Å². The molecule has 4 aromatic heterocycles. The average Bonchev–Trinajstić information content (AvgIpc) is 3.70. The summed E-state index contributed by atoms with van der Waals surface area (Å²) in [6.07, 6.45) is -8.10. The van der Waals surface area contributed by atoms with E-state index < -0.39 is 80.3 Å². The number of aliphatic hydroxyl groups excluding tert-OH is 2. The van der Waals surface area contributed by atoms with Gasteiger partial charge in [0.1, 0.15) is 31.0 Å². The third-order valence-electron chi connectivity index (χ3n) is 6.73. The molecule has 0 bridgehead atoms. The molecule has 2 saturated heterocycles. The van der Waals surface area contributed by atoms with E-state index in [4.69, 9.17) is 24.3 Å². The van der Waals surface area contributed by atoms with Gasteiger partial charge in [-0.05, 0) is 0 Å². The van der Waals surface area contributed by atoms with Crippen molar-refractivity contribution < 1.29 is 42.1 Å². The predicted octanol–water partition coefficient (Wildman–Crippen LogP) is -1.72. The zero-order valence-electron chi connectivity index (χ0n) is 20.9. The largest absolute Gasteiger partial charge is 0.394 e. The highest BCUT2D eigenvalue weighted by Crippen LogP contribution is 2.57. The molecule has 0 amide bonds. The first-order chi connectivity index (χ1) is 19.9. The van der Waals surface area contributed by atoms with Crippen molar-refractivity contribution in [2.45, 2.75) is 42.6 Å². The van der Waals surface area contributed by atoms with Crippen LogP contribution < -0.4 is 16.9 Å². The summed E-state index contributed by atoms with van der Waals surface area (Å²) in [5.41, 5.74) is 3.41. The number of aliphatic hydroxyl groups is 2. The van der Waals surface area contributed by atoms with Gasteiger partial charge in [0.25, 0.3) is 16.9 Å². The SMILES string of the molecule is Nc1nc2c(ncn2[C@@H]2O[C@H](CO)[C@@H](F)[C@H]2OP(=O)(S)OC[C@H]2OC[C@@](F)(n3nnc4c(=O)[nH]cnc43)[C@@H]2O)c(=O)[nH]1. The molecule has 6 heterocycles. The number of thiol groups is 1. The van der Waals surface area contributed by atoms with Gasteiger partial charge in [-0.25, -0.2) is 23.3 Å². The summed E-state index contributed by atoms with van der Waals surface area (Å²) in [5.74, 6) is -3.02. The lowest BCUT2D eigenvalue weighted by Gasteiger charge is -2.26. The Balaban J connectivity index is 1.19. The Labute approximate surface area is 235 Å². The number of nitrogens with one attached hydrogen (secondary N) is 2. The van der Waals surface area contributed by atoms with Crippen molar-refractivity contribution in [2.75, 3.05) is 25.6 Å². The van der Waals surface area contributed by atoms with Crippen LogP contribution in [0.1, 0.15) is 6.23 Å². The number of aromatic nitrogens is 9. The molecule has 19 nitrogen and oxygen atoms in total. The number of nitrogens with two attached hydrogens (primary N) is 1. The summed E-state index contributed by atoms with van der Waals surface area (Å²) >= 11 is 3.87. The number of fused-ring (bicyclic) bond motifs is 2. The van der Waals surface area contributed by atoms with Crippen LogP contribution in [0, 0.1) is 0 Å². The van der Waals surface area contributed by atoms with Crippen molar-refractivity contribution in [3.05, 3.63) is 33.4 Å². The third-order valence-corrected chi connectivity index (χ3v) is 8.34. The van der Waals surface area contributed by atoms with E-state index in [2.05, 4.69) is 47.5 Å². The van der Waals surface area contributed by atoms with E-state index in [9.17, 15) is 24.4 Å². The minimum Gasteiger partial charge on any atom is -0.394 e. The van der Waals surface area contributed by atoms with Gasteiger partial charge >= 0.3 is 6.80 Å². The number of aromatic amines is 2. The zero-order valence-corrected chi connectivity index (χ0v) is 22.6. The van der Waals surface area contributed by atoms with Crippen LogP contribution in [0.15, 0.2) is 22.2 Å². The highest BCUT2D eigenvalue weighted by atomic mass is 32.7. The second-order valence-corrected chi connectivity index (χ2v) is 12.2. The Morgan fingerprint density at radius 1 is 1.26 bits per heavy atom. The van der Waals surface area contributed by atoms with Gasteiger partial charge < -0.3 is 30.4 Å². The number of imidazole rings is 1. The normalized spacial score (nSPS) is 31.3. The predicted molar refractivity (Wildman–Crippen MR) is 137 cm³/mol. The number of H-pyrrole nitrogens is 2. The zero-order chi connectivity index (χ0) is 30.0. The number of ether oxygens (including phenoxy) is 2. The molecule has 1 unspecified atom stereocenters. The molecule has 2 aliphatic heterocycles. The van der Waals surface area contributed by atoms with E-state index >= 15 is 8.78 Å². The van der Waals surface area contributed by atoms with Crippen LogP contribution in [0.25, 0.3) is 22.3 Å². The fraction of sp³-hybridized carbons (Fsp3) is 0.526. The molecule has 4 aromatic rings. The summed E-state index contributed by atoms with van der Waals surface area (Å²) in [6.45, 7) is -6.85. The van der Waals surface area contributed by atoms with Crippen molar-refractivity contribution in [2.24, 2.45) is 0 Å². The van der Waals surface area contributed by atoms with E-state index in [-0.39, 0.29) is 28.3 Å². The van der Waals surface area contributed by atoms with Crippen molar-refractivity contribution in [1.29, 1.82) is 0 Å². The van der Waals surface area contributed by atoms with Gasteiger partial charge in [-0.1, -0.05) is 17.5 Å². The van der Waals surface area contributed by atoms with Gasteiger partial charge in [0.2, 0.25) is 5.95 Å². The van der Waals surface area contributed by atoms with Gasteiger partial charge in [0.05, 0.1) is 25.9 Å². The number of nitrogen functional groups attached to an aromatic ring is 1. The fourth-order valence-corrected chi connectivity index (χ4v) is 6.13. The maximum atomic E-state index is 15.9. The summed E-state index contributed by atoms with van der Waals surface area (Å²) in [4.78, 5) is 40.3. The van der Waals surface area contributed by atoms with E-state index in [0.29, 0.717) is 4.68 Å². The fourth-order valence-electron chi connectivity index (χ4n) is 4.68. The first kappa shape index (κ1) is 28.7. The number of alkyl halides is 2. The molecule has 0 spiro atoms. The topological polar surface area (TPSA) is 260 Å². The van der Waals surface area contributed by atoms with Gasteiger partial charge in [-0.2, -0.15) is 9.67 Å². The van der Waals surface area contributed by atoms with Gasteiger partial charge in [0.15, 0.2) is 34.7 Å². The van der Waals surface area contributed by atoms with Crippen molar-refractivity contribution in [3.63, 3.8) is 0 Å². The molecule has 6 N–H and O–H groups in total. The van der Waals surface area contributed by atoms with E-state index in [0.717, 1.165) is 17.2 Å². The second kappa shape index (κ2) is 10.4. The van der Waals surface area contributed by atoms with Crippen molar-refractivity contribution >= 4 is 47.3 Å². The molecular formula is C19H21F2N10O9PS. The summed E-state index contributed by atoms with van der Waals surface area (Å²) in [5, 5.41) is 27.4. The Hall–Kier alpha value is -3.37. The molecule has 0 saturated carbocycles. The molecular weight excluding hydrogens is 613 g/mol. The van der Waals surface area contributed by atoms with E-state index in [1.54, 1.807) is 0 Å². The first-order valence-corrected chi connectivity index (χ1v) is 14.7. The average molecular weight is 634 g/mol. The number of nitrogens with zero attached hydrogens (tertiary/aromatic N) is 7. The molecule has 6 rings (SSSR count). The molecule has 0 radical (unpaired) electrons. The molecule has 226 valence electrons. The Bertz CT molecular complexity index is 1820. The minimum absolute atomic E-state index is 0.116. The summed E-state index contributed by atoms with van der Waals surface area (Å²) < 4.78 is 67.4. The lowest BCUT2D eigenvalue weighted by atomic mass is 10.1. The molecule has 0 aliphatic carbocycles. The van der Waals surface area contributed by atoms with Gasteiger partial charge in [-0.3, -0.25) is 28.2 Å². The van der Waals surface area contributed by atoms with Crippen LogP contribution in [-0.4, -0.2) is 105 Å². The standard InChI is InChI=1S/C19H21F2N10O9PS/c20-8-6(1-32)39-17(30-5-25-9-14(30)26-18(22)27-16(9)35)11(8)40-41(36,42)38-2-7-12(33)19(21,3-37-7)31-13-10(28-29-31)15(34)24-4-23-13/h4-8,11-12,17,32-33H,1-3H2,(H,36,42)(H,23,24,34)(H3,22,26,27,35)/t6-,7-,8-,11-,12-,17-,19-,41?/m1/s1. The molecule has 42 heavy (non-hydrogen) atoms. The van der Waals surface area contributed by atoms with Crippen LogP contribution in [0.4, 0.5) is 14.7 Å². The smallest absolute Gasteiger partial charge is 0.386 e. The van der Waals surface area contributed by atoms with E-state index in [1.165, 1.54) is 0 Å². The molecule has 2 aliphatic rings. The molecule has 2 fully saturated rings. The van der Waals surface area contributed by atoms with Crippen LogP contribution >= 0.6 is 19.0 Å². The number of rotatable bonds is 8. The molecule has 8 atom stereocenters. The second-order valence-electron chi connectivity index (χ2n) is 9.32. The molecule has 0 aromatic carbocycles. The Morgan fingerprint density at radius 2 is 2.05 bits per heavy atom. The number of hydrogen-bond donors (Lipinski definition) is 6. The van der Waals surface area contributed by atoms with E-state index in [1.807, 2.05) is 0 Å². The highest BCUT2D eigenvalue weighted by molar-refractivity contribution is 8.44. The first-order valence-electron chi connectivity index (χ1n) is 12.0. The lowest BCUT2D eigenvalue weighted by Crippen LogP contribution is -2.44. The van der Waals surface area contributed by atoms with Crippen LogP contribution in [0.3, 0.4) is 0 Å². The minimum atomic E-state index is -4.52. The van der Waals surface area contributed by atoms with Crippen LogP contribution in [0.2, 0.25) is 0 Å². The summed E-state index contributed by atoms with van der Waals surface area (Å²) in [6, 6.07) is 0. The number of hydrogen-bond acceptors (Lipinski definition) is 15. The van der Waals surface area contributed by atoms with Crippen LogP contribution in [0.5, 0.6) is 0 Å². The van der Waals surface area contributed by atoms with Crippen molar-refractivity contribution in [1.82, 2.24) is 44.5 Å². The van der Waals surface area contributed by atoms with Crippen LogP contribution in [-0.2, 0) is 28.9 Å². The van der Waals surface area contributed by atoms with Gasteiger partial charge in [-0.15, -0.1) is 5.10 Å². The molecule has 23 heteroatoms. The Morgan fingerprint density at radius 3 is 2.81 bits per heavy atom. The van der Waals surface area contributed by atoms with Gasteiger partial charge in [0, 0.05) is 0 Å². The maximum Gasteiger partial charge on any atom is 0.386 e. The highest BCUT2D eigenvalue weighted by Gasteiger charge is 2.55. The maximum absolute atomic E-state index is 15.9. The monoisotopic (exact) mass is 634 g/mol. The number of halogens is 2. The summed E-state index contributed by atoms with van der Waals surface area (Å²) in [7, 11) is 0. The third kappa shape index (κ3) is 4.68. The lowest BCUT2D eigenvalue weighted by molar-refractivity contribution is -0.0557.